The first-order valence-corrected chi connectivity index (χ1v) is 7.75. The molecule has 0 saturated carbocycles. The number of hydrogen-bond acceptors (Lipinski definition) is 4. The number of unbranched alkanes of at least 4 members (excludes halogenated alkanes) is 1. The molecule has 1 amide bonds. The molecule has 1 N–H and O–H groups in total. The minimum Gasteiger partial charge on any atom is -0.355 e. The zero-order valence-corrected chi connectivity index (χ0v) is 13.6. The summed E-state index contributed by atoms with van der Waals surface area (Å²) in [5.74, 6) is 0.0658. The summed E-state index contributed by atoms with van der Waals surface area (Å²) in [6.07, 6.45) is 5.10. The molecule has 5 heteroatoms. The van der Waals surface area contributed by atoms with Crippen LogP contribution in [0.3, 0.4) is 0 Å². The van der Waals surface area contributed by atoms with E-state index in [0.717, 1.165) is 45.2 Å². The molecule has 108 valence electrons. The summed E-state index contributed by atoms with van der Waals surface area (Å²) in [5.41, 5.74) is 0. The molecule has 18 heavy (non-hydrogen) atoms. The lowest BCUT2D eigenvalue weighted by atomic mass is 10.1. The Morgan fingerprint density at radius 1 is 1.17 bits per heavy atom. The van der Waals surface area contributed by atoms with Crippen molar-refractivity contribution in [3.05, 3.63) is 0 Å². The Bertz CT molecular complexity index is 223. The second kappa shape index (κ2) is 11.0. The molecule has 2 atom stereocenters. The van der Waals surface area contributed by atoms with E-state index in [0.29, 0.717) is 5.25 Å². The van der Waals surface area contributed by atoms with Gasteiger partial charge in [0.15, 0.2) is 0 Å². The number of thiol groups is 2. The van der Waals surface area contributed by atoms with Gasteiger partial charge in [-0.15, -0.1) is 0 Å². The maximum absolute atomic E-state index is 11.7. The molecular formula is C13H28N2OS2. The van der Waals surface area contributed by atoms with Gasteiger partial charge in [-0.3, -0.25) is 4.79 Å². The lowest BCUT2D eigenvalue weighted by Gasteiger charge is -2.13. The largest absolute Gasteiger partial charge is 0.355 e. The predicted molar refractivity (Wildman–Crippen MR) is 85.9 cm³/mol. The summed E-state index contributed by atoms with van der Waals surface area (Å²) in [7, 11) is 4.07. The number of carbonyl (C=O) groups excluding carboxylic acids is 1. The Hall–Kier alpha value is 0.130. The van der Waals surface area contributed by atoms with Gasteiger partial charge < -0.3 is 10.2 Å². The number of rotatable bonds is 10. The van der Waals surface area contributed by atoms with Crippen molar-refractivity contribution >= 4 is 31.2 Å². The van der Waals surface area contributed by atoms with E-state index in [1.165, 1.54) is 0 Å². The molecule has 0 spiro atoms. The Kier molecular flexibility index (Phi) is 11.1. The van der Waals surface area contributed by atoms with Crippen molar-refractivity contribution in [2.75, 3.05) is 27.2 Å². The van der Waals surface area contributed by atoms with E-state index < -0.39 is 0 Å². The van der Waals surface area contributed by atoms with Gasteiger partial charge in [0.05, 0.1) is 5.25 Å². The first-order chi connectivity index (χ1) is 8.43. The molecule has 0 aromatic carbocycles. The molecule has 0 rings (SSSR count). The van der Waals surface area contributed by atoms with Gasteiger partial charge in [-0.1, -0.05) is 19.8 Å². The number of hydrogen-bond donors (Lipinski definition) is 3. The molecule has 0 aromatic rings. The van der Waals surface area contributed by atoms with E-state index in [1.54, 1.807) is 0 Å². The fourth-order valence-corrected chi connectivity index (χ4v) is 2.09. The summed E-state index contributed by atoms with van der Waals surface area (Å²) in [5, 5.41) is 3.21. The van der Waals surface area contributed by atoms with Gasteiger partial charge in [0.1, 0.15) is 0 Å². The Morgan fingerprint density at radius 3 is 2.33 bits per heavy atom. The van der Waals surface area contributed by atoms with Gasteiger partial charge in [0, 0.05) is 6.54 Å². The third-order valence-corrected chi connectivity index (χ3v) is 3.48. The average molecular weight is 293 g/mol. The highest BCUT2D eigenvalue weighted by Gasteiger charge is 2.12. The van der Waals surface area contributed by atoms with Gasteiger partial charge in [-0.2, -0.15) is 25.3 Å². The monoisotopic (exact) mass is 292 g/mol. The maximum atomic E-state index is 11.7. The molecule has 0 aliphatic rings. The van der Waals surface area contributed by atoms with E-state index in [-0.39, 0.29) is 11.2 Å². The topological polar surface area (TPSA) is 32.3 Å². The summed E-state index contributed by atoms with van der Waals surface area (Å²) >= 11 is 8.69. The number of carbonyl (C=O) groups is 1. The van der Waals surface area contributed by atoms with Gasteiger partial charge >= 0.3 is 0 Å². The van der Waals surface area contributed by atoms with Crippen LogP contribution in [0.25, 0.3) is 0 Å². The number of nitrogens with one attached hydrogen (secondary N) is 1. The maximum Gasteiger partial charge on any atom is 0.232 e. The van der Waals surface area contributed by atoms with Gasteiger partial charge in [0.25, 0.3) is 0 Å². The van der Waals surface area contributed by atoms with Crippen LogP contribution in [0.5, 0.6) is 0 Å². The summed E-state index contributed by atoms with van der Waals surface area (Å²) < 4.78 is 0. The van der Waals surface area contributed by atoms with Gasteiger partial charge in [0.2, 0.25) is 5.91 Å². The molecule has 0 radical (unpaired) electrons. The van der Waals surface area contributed by atoms with Crippen LogP contribution in [-0.4, -0.2) is 48.5 Å². The van der Waals surface area contributed by atoms with Crippen LogP contribution >= 0.6 is 25.3 Å². The Morgan fingerprint density at radius 2 is 1.78 bits per heavy atom. The first-order valence-electron chi connectivity index (χ1n) is 6.72. The third kappa shape index (κ3) is 11.2. The number of amides is 1. The predicted octanol–water partition coefficient (Wildman–Crippen LogP) is 2.23. The molecule has 0 saturated heterocycles. The molecule has 0 fully saturated rings. The fourth-order valence-electron chi connectivity index (χ4n) is 1.63. The fraction of sp³-hybridized carbons (Fsp3) is 0.923. The van der Waals surface area contributed by atoms with Crippen LogP contribution < -0.4 is 5.32 Å². The standard InChI is InChI=1S/C13H28N2OS2/c1-11(17)7-4-5-8-12(18)13(16)14-9-6-10-15(2)3/h11-12,17-18H,4-10H2,1-3H3,(H,14,16). The van der Waals surface area contributed by atoms with E-state index in [1.807, 2.05) is 14.1 Å². The normalized spacial score (nSPS) is 14.6. The van der Waals surface area contributed by atoms with Crippen LogP contribution in [0, 0.1) is 0 Å². The third-order valence-electron chi connectivity index (χ3n) is 2.73. The molecule has 0 bridgehead atoms. The van der Waals surface area contributed by atoms with E-state index in [9.17, 15) is 4.79 Å². The van der Waals surface area contributed by atoms with Crippen molar-refractivity contribution < 1.29 is 4.79 Å². The highest BCUT2D eigenvalue weighted by Crippen LogP contribution is 2.12. The number of nitrogens with zero attached hydrogens (tertiary/aromatic N) is 1. The van der Waals surface area contributed by atoms with Crippen molar-refractivity contribution in [3.63, 3.8) is 0 Å². The molecular weight excluding hydrogens is 264 g/mol. The smallest absolute Gasteiger partial charge is 0.232 e. The summed E-state index contributed by atoms with van der Waals surface area (Å²) in [6, 6.07) is 0. The van der Waals surface area contributed by atoms with Crippen LogP contribution in [0.15, 0.2) is 0 Å². The zero-order chi connectivity index (χ0) is 14.0. The Labute approximate surface area is 123 Å². The van der Waals surface area contributed by atoms with Crippen LogP contribution in [-0.2, 0) is 4.79 Å². The summed E-state index contributed by atoms with van der Waals surface area (Å²) in [4.78, 5) is 13.8. The minimum absolute atomic E-state index is 0.0658. The lowest BCUT2D eigenvalue weighted by molar-refractivity contribution is -0.120. The Balaban J connectivity index is 3.51. The van der Waals surface area contributed by atoms with Crippen LogP contribution in [0.2, 0.25) is 0 Å². The van der Waals surface area contributed by atoms with E-state index in [2.05, 4.69) is 42.4 Å². The highest BCUT2D eigenvalue weighted by atomic mass is 32.1. The first kappa shape index (κ1) is 18.1. The quantitative estimate of drug-likeness (QED) is 0.426. The van der Waals surface area contributed by atoms with E-state index in [4.69, 9.17) is 0 Å². The van der Waals surface area contributed by atoms with Crippen molar-refractivity contribution in [2.45, 2.75) is 49.5 Å². The average Bonchev–Trinajstić information content (AvgIpc) is 2.29. The molecule has 3 nitrogen and oxygen atoms in total. The van der Waals surface area contributed by atoms with E-state index >= 15 is 0 Å². The van der Waals surface area contributed by atoms with Crippen molar-refractivity contribution in [3.8, 4) is 0 Å². The minimum atomic E-state index is -0.167. The highest BCUT2D eigenvalue weighted by molar-refractivity contribution is 7.81. The van der Waals surface area contributed by atoms with Crippen molar-refractivity contribution in [1.82, 2.24) is 10.2 Å². The second-order valence-electron chi connectivity index (χ2n) is 5.10. The molecule has 2 unspecified atom stereocenters. The lowest BCUT2D eigenvalue weighted by Crippen LogP contribution is -2.33. The van der Waals surface area contributed by atoms with Crippen molar-refractivity contribution in [2.24, 2.45) is 0 Å². The molecule has 0 aliphatic heterocycles. The molecule has 0 aliphatic carbocycles. The zero-order valence-electron chi connectivity index (χ0n) is 11.9. The molecule has 0 aromatic heterocycles. The van der Waals surface area contributed by atoms with Crippen LogP contribution in [0.1, 0.15) is 39.0 Å². The van der Waals surface area contributed by atoms with Crippen molar-refractivity contribution in [1.29, 1.82) is 0 Å². The second-order valence-corrected chi connectivity index (χ2v) is 6.60. The summed E-state index contributed by atoms with van der Waals surface area (Å²) in [6.45, 7) is 3.83. The molecule has 0 heterocycles. The van der Waals surface area contributed by atoms with Gasteiger partial charge in [-0.25, -0.2) is 0 Å². The van der Waals surface area contributed by atoms with Gasteiger partial charge in [-0.05, 0) is 45.2 Å². The SMILES string of the molecule is CC(S)CCCCC(S)C(=O)NCCCN(C)C. The van der Waals surface area contributed by atoms with Crippen LogP contribution in [0.4, 0.5) is 0 Å².